The Morgan fingerprint density at radius 1 is 1.33 bits per heavy atom. The summed E-state index contributed by atoms with van der Waals surface area (Å²) in [4.78, 5) is 6.92. The minimum absolute atomic E-state index is 0.0290. The summed E-state index contributed by atoms with van der Waals surface area (Å²) in [5, 5.41) is 4.10. The van der Waals surface area contributed by atoms with E-state index in [0.29, 0.717) is 12.0 Å². The standard InChI is InChI=1S/C13H21N3O2/c1-9(2)16-6-7-17-11(8-16)12-14-13(18-15-12)10-4-3-5-10/h9-11H,3-8H2,1-2H3. The topological polar surface area (TPSA) is 51.4 Å². The third kappa shape index (κ3) is 2.29. The van der Waals surface area contributed by atoms with Gasteiger partial charge in [-0.05, 0) is 26.7 Å². The van der Waals surface area contributed by atoms with Crippen LogP contribution in [0.25, 0.3) is 0 Å². The van der Waals surface area contributed by atoms with E-state index in [1.54, 1.807) is 0 Å². The van der Waals surface area contributed by atoms with Gasteiger partial charge >= 0.3 is 0 Å². The highest BCUT2D eigenvalue weighted by Crippen LogP contribution is 2.35. The molecule has 2 fully saturated rings. The molecule has 1 unspecified atom stereocenters. The Balaban J connectivity index is 1.67. The van der Waals surface area contributed by atoms with Crippen molar-refractivity contribution in [3.8, 4) is 0 Å². The summed E-state index contributed by atoms with van der Waals surface area (Å²) in [5.74, 6) is 2.03. The van der Waals surface area contributed by atoms with Crippen LogP contribution in [-0.2, 0) is 4.74 Å². The number of hydrogen-bond acceptors (Lipinski definition) is 5. The van der Waals surface area contributed by atoms with Crippen molar-refractivity contribution in [1.29, 1.82) is 0 Å². The Morgan fingerprint density at radius 3 is 2.83 bits per heavy atom. The number of aromatic nitrogens is 2. The van der Waals surface area contributed by atoms with E-state index in [4.69, 9.17) is 9.26 Å². The minimum Gasteiger partial charge on any atom is -0.367 e. The Bertz CT molecular complexity index is 401. The Morgan fingerprint density at radius 2 is 2.17 bits per heavy atom. The first-order chi connectivity index (χ1) is 8.74. The van der Waals surface area contributed by atoms with Crippen molar-refractivity contribution in [1.82, 2.24) is 15.0 Å². The van der Waals surface area contributed by atoms with Crippen molar-refractivity contribution in [2.45, 2.75) is 51.2 Å². The van der Waals surface area contributed by atoms with Gasteiger partial charge in [0.05, 0.1) is 6.61 Å². The zero-order valence-electron chi connectivity index (χ0n) is 11.1. The zero-order valence-corrected chi connectivity index (χ0v) is 11.1. The Hall–Kier alpha value is -0.940. The van der Waals surface area contributed by atoms with E-state index in [1.807, 2.05) is 0 Å². The van der Waals surface area contributed by atoms with Crippen LogP contribution in [0.15, 0.2) is 4.52 Å². The second-order valence-corrected chi connectivity index (χ2v) is 5.57. The van der Waals surface area contributed by atoms with Gasteiger partial charge in [-0.3, -0.25) is 4.90 Å². The van der Waals surface area contributed by atoms with Crippen LogP contribution in [0, 0.1) is 0 Å². The van der Waals surface area contributed by atoms with Crippen molar-refractivity contribution >= 4 is 0 Å². The fourth-order valence-electron chi connectivity index (χ4n) is 2.49. The molecule has 0 aromatic carbocycles. The SMILES string of the molecule is CC(C)N1CCOC(c2noc(C3CCC3)n2)C1. The molecule has 0 bridgehead atoms. The van der Waals surface area contributed by atoms with Gasteiger partial charge in [0.25, 0.3) is 0 Å². The summed E-state index contributed by atoms with van der Waals surface area (Å²) >= 11 is 0. The number of rotatable bonds is 3. The molecule has 1 aromatic rings. The quantitative estimate of drug-likeness (QED) is 0.823. The van der Waals surface area contributed by atoms with Crippen molar-refractivity contribution in [3.63, 3.8) is 0 Å². The summed E-state index contributed by atoms with van der Waals surface area (Å²) in [6.45, 7) is 7.01. The van der Waals surface area contributed by atoms with Crippen LogP contribution in [-0.4, -0.2) is 40.8 Å². The molecule has 0 spiro atoms. The van der Waals surface area contributed by atoms with Crippen LogP contribution in [0.3, 0.4) is 0 Å². The van der Waals surface area contributed by atoms with Gasteiger partial charge in [0.1, 0.15) is 6.10 Å². The molecule has 3 rings (SSSR count). The summed E-state index contributed by atoms with van der Waals surface area (Å²) in [5.41, 5.74) is 0. The average Bonchev–Trinajstić information content (AvgIpc) is 2.76. The van der Waals surface area contributed by atoms with E-state index in [1.165, 1.54) is 19.3 Å². The van der Waals surface area contributed by atoms with Gasteiger partial charge in [-0.2, -0.15) is 4.98 Å². The zero-order chi connectivity index (χ0) is 12.5. The van der Waals surface area contributed by atoms with Gasteiger partial charge in [-0.15, -0.1) is 0 Å². The lowest BCUT2D eigenvalue weighted by atomic mass is 9.85. The van der Waals surface area contributed by atoms with Crippen LogP contribution >= 0.6 is 0 Å². The molecule has 0 radical (unpaired) electrons. The maximum absolute atomic E-state index is 5.76. The highest BCUT2D eigenvalue weighted by atomic mass is 16.5. The number of ether oxygens (including phenoxy) is 1. The molecule has 5 heteroatoms. The first-order valence-electron chi connectivity index (χ1n) is 6.93. The molecule has 1 saturated heterocycles. The highest BCUT2D eigenvalue weighted by molar-refractivity contribution is 5.01. The molecule has 2 aliphatic rings. The molecule has 1 aromatic heterocycles. The van der Waals surface area contributed by atoms with Gasteiger partial charge in [0, 0.05) is 25.0 Å². The molecule has 5 nitrogen and oxygen atoms in total. The van der Waals surface area contributed by atoms with Crippen LogP contribution in [0.2, 0.25) is 0 Å². The summed E-state index contributed by atoms with van der Waals surface area (Å²) in [6.07, 6.45) is 3.62. The van der Waals surface area contributed by atoms with Gasteiger partial charge in [0.15, 0.2) is 0 Å². The van der Waals surface area contributed by atoms with Crippen LogP contribution < -0.4 is 0 Å². The first kappa shape index (κ1) is 12.1. The second kappa shape index (κ2) is 4.97. The third-order valence-corrected chi connectivity index (χ3v) is 4.03. The molecule has 100 valence electrons. The van der Waals surface area contributed by atoms with E-state index in [-0.39, 0.29) is 6.10 Å². The lowest BCUT2D eigenvalue weighted by Gasteiger charge is -2.34. The van der Waals surface area contributed by atoms with Crippen LogP contribution in [0.1, 0.15) is 56.8 Å². The molecule has 1 aliphatic heterocycles. The molecule has 1 saturated carbocycles. The second-order valence-electron chi connectivity index (χ2n) is 5.57. The summed E-state index contributed by atoms with van der Waals surface area (Å²) < 4.78 is 11.1. The lowest BCUT2D eigenvalue weighted by Crippen LogP contribution is -2.42. The monoisotopic (exact) mass is 251 g/mol. The minimum atomic E-state index is -0.0290. The largest absolute Gasteiger partial charge is 0.367 e. The fraction of sp³-hybridized carbons (Fsp3) is 0.846. The van der Waals surface area contributed by atoms with Gasteiger partial charge in [-0.25, -0.2) is 0 Å². The molecule has 0 N–H and O–H groups in total. The molecular formula is C13H21N3O2. The van der Waals surface area contributed by atoms with Crippen molar-refractivity contribution in [2.75, 3.05) is 19.7 Å². The fourth-order valence-corrected chi connectivity index (χ4v) is 2.49. The molecule has 1 aliphatic carbocycles. The average molecular weight is 251 g/mol. The lowest BCUT2D eigenvalue weighted by molar-refractivity contribution is -0.0450. The molecule has 18 heavy (non-hydrogen) atoms. The van der Waals surface area contributed by atoms with Crippen LogP contribution in [0.5, 0.6) is 0 Å². The summed E-state index contributed by atoms with van der Waals surface area (Å²) in [7, 11) is 0. The third-order valence-electron chi connectivity index (χ3n) is 4.03. The maximum atomic E-state index is 5.76. The van der Waals surface area contributed by atoms with Gasteiger partial charge in [0.2, 0.25) is 11.7 Å². The molecule has 1 atom stereocenters. The van der Waals surface area contributed by atoms with E-state index in [9.17, 15) is 0 Å². The number of hydrogen-bond donors (Lipinski definition) is 0. The molecule has 0 amide bonds. The molecular weight excluding hydrogens is 230 g/mol. The van der Waals surface area contributed by atoms with E-state index < -0.39 is 0 Å². The van der Waals surface area contributed by atoms with Gasteiger partial charge in [-0.1, -0.05) is 11.6 Å². The van der Waals surface area contributed by atoms with Crippen molar-refractivity contribution in [2.24, 2.45) is 0 Å². The predicted octanol–water partition coefficient (Wildman–Crippen LogP) is 2.12. The summed E-state index contributed by atoms with van der Waals surface area (Å²) in [6, 6.07) is 0.536. The van der Waals surface area contributed by atoms with E-state index in [0.717, 1.165) is 31.4 Å². The van der Waals surface area contributed by atoms with Crippen molar-refractivity contribution in [3.05, 3.63) is 11.7 Å². The predicted molar refractivity (Wildman–Crippen MR) is 66.3 cm³/mol. The van der Waals surface area contributed by atoms with Crippen LogP contribution in [0.4, 0.5) is 0 Å². The number of nitrogens with zero attached hydrogens (tertiary/aromatic N) is 3. The van der Waals surface area contributed by atoms with Crippen molar-refractivity contribution < 1.29 is 9.26 Å². The normalized spacial score (nSPS) is 26.5. The maximum Gasteiger partial charge on any atom is 0.229 e. The number of morpholine rings is 1. The first-order valence-corrected chi connectivity index (χ1v) is 6.93. The Kier molecular flexibility index (Phi) is 3.35. The van der Waals surface area contributed by atoms with Gasteiger partial charge < -0.3 is 9.26 Å². The highest BCUT2D eigenvalue weighted by Gasteiger charge is 2.30. The van der Waals surface area contributed by atoms with E-state index >= 15 is 0 Å². The Labute approximate surface area is 107 Å². The molecule has 2 heterocycles. The van der Waals surface area contributed by atoms with E-state index in [2.05, 4.69) is 28.9 Å². The smallest absolute Gasteiger partial charge is 0.229 e.